The summed E-state index contributed by atoms with van der Waals surface area (Å²) < 4.78 is 31.5. The number of aromatic nitrogens is 1. The third-order valence-corrected chi connectivity index (χ3v) is 6.13. The average molecular weight is 380 g/mol. The van der Waals surface area contributed by atoms with Crippen LogP contribution in [0.3, 0.4) is 0 Å². The van der Waals surface area contributed by atoms with Crippen LogP contribution in [0.5, 0.6) is 0 Å². The SMILES string of the molecule is CCSc1oc(-c2ccccc2)nc1S(=O)(=O)c1ccc(Cl)cc1. The number of benzene rings is 2. The normalized spacial score (nSPS) is 11.6. The summed E-state index contributed by atoms with van der Waals surface area (Å²) >= 11 is 7.15. The van der Waals surface area contributed by atoms with Gasteiger partial charge in [0.15, 0.2) is 0 Å². The first kappa shape index (κ1) is 17.1. The average Bonchev–Trinajstić information content (AvgIpc) is 3.01. The number of thioether (sulfide) groups is 1. The van der Waals surface area contributed by atoms with E-state index in [1.807, 2.05) is 37.3 Å². The molecule has 0 saturated carbocycles. The van der Waals surface area contributed by atoms with Crippen LogP contribution in [0.25, 0.3) is 11.5 Å². The molecule has 4 nitrogen and oxygen atoms in total. The number of nitrogens with zero attached hydrogens (tertiary/aromatic N) is 1. The molecular formula is C17H14ClNO3S2. The Morgan fingerprint density at radius 3 is 2.38 bits per heavy atom. The molecule has 0 aliphatic heterocycles. The lowest BCUT2D eigenvalue weighted by atomic mass is 10.2. The monoisotopic (exact) mass is 379 g/mol. The van der Waals surface area contributed by atoms with Gasteiger partial charge in [0.05, 0.1) is 4.90 Å². The van der Waals surface area contributed by atoms with Gasteiger partial charge >= 0.3 is 0 Å². The van der Waals surface area contributed by atoms with Crippen LogP contribution in [-0.4, -0.2) is 19.2 Å². The first-order chi connectivity index (χ1) is 11.5. The van der Waals surface area contributed by atoms with E-state index in [9.17, 15) is 8.42 Å². The molecule has 0 radical (unpaired) electrons. The zero-order chi connectivity index (χ0) is 17.2. The van der Waals surface area contributed by atoms with E-state index in [-0.39, 0.29) is 9.92 Å². The van der Waals surface area contributed by atoms with Crippen LogP contribution in [-0.2, 0) is 9.84 Å². The van der Waals surface area contributed by atoms with Crippen molar-refractivity contribution >= 4 is 33.2 Å². The van der Waals surface area contributed by atoms with Crippen LogP contribution in [0.4, 0.5) is 0 Å². The molecule has 1 aromatic heterocycles. The largest absolute Gasteiger partial charge is 0.428 e. The van der Waals surface area contributed by atoms with E-state index >= 15 is 0 Å². The van der Waals surface area contributed by atoms with Crippen LogP contribution < -0.4 is 0 Å². The Balaban J connectivity index is 2.12. The number of sulfone groups is 1. The first-order valence-corrected chi connectivity index (χ1v) is 10.1. The maximum atomic E-state index is 12.9. The van der Waals surface area contributed by atoms with Crippen molar-refractivity contribution in [3.05, 3.63) is 59.6 Å². The minimum atomic E-state index is -3.78. The molecule has 7 heteroatoms. The van der Waals surface area contributed by atoms with Crippen LogP contribution in [0.2, 0.25) is 5.02 Å². The van der Waals surface area contributed by atoms with Crippen LogP contribution >= 0.6 is 23.4 Å². The quantitative estimate of drug-likeness (QED) is 0.587. The molecule has 0 unspecified atom stereocenters. The molecule has 0 fully saturated rings. The zero-order valence-corrected chi connectivity index (χ0v) is 15.2. The van der Waals surface area contributed by atoms with Crippen molar-refractivity contribution in [2.75, 3.05) is 5.75 Å². The van der Waals surface area contributed by atoms with Crippen molar-refractivity contribution in [3.63, 3.8) is 0 Å². The van der Waals surface area contributed by atoms with E-state index < -0.39 is 9.84 Å². The van der Waals surface area contributed by atoms with E-state index in [2.05, 4.69) is 4.98 Å². The van der Waals surface area contributed by atoms with Gasteiger partial charge in [0.2, 0.25) is 25.8 Å². The standard InChI is InChI=1S/C17H14ClNO3S2/c1-2-23-17-16(19-15(22-17)12-6-4-3-5-7-12)24(20,21)14-10-8-13(18)9-11-14/h3-11H,2H2,1H3. The van der Waals surface area contributed by atoms with Gasteiger partial charge in [0.25, 0.3) is 0 Å². The van der Waals surface area contributed by atoms with Gasteiger partial charge in [-0.25, -0.2) is 8.42 Å². The Hall–Kier alpha value is -1.76. The number of oxazole rings is 1. The highest BCUT2D eigenvalue weighted by Crippen LogP contribution is 2.34. The van der Waals surface area contributed by atoms with E-state index in [1.165, 1.54) is 23.9 Å². The molecule has 0 atom stereocenters. The molecule has 3 rings (SSSR count). The fourth-order valence-corrected chi connectivity index (χ4v) is 4.50. The Morgan fingerprint density at radius 1 is 1.08 bits per heavy atom. The van der Waals surface area contributed by atoms with Gasteiger partial charge in [0.1, 0.15) is 0 Å². The molecule has 24 heavy (non-hydrogen) atoms. The van der Waals surface area contributed by atoms with Gasteiger partial charge in [0, 0.05) is 10.6 Å². The topological polar surface area (TPSA) is 60.2 Å². The lowest BCUT2D eigenvalue weighted by molar-refractivity contribution is 0.470. The second-order valence-corrected chi connectivity index (χ2v) is 8.41. The molecule has 124 valence electrons. The van der Waals surface area contributed by atoms with E-state index in [0.29, 0.717) is 21.8 Å². The highest BCUT2D eigenvalue weighted by molar-refractivity contribution is 8.00. The Labute approximate surface area is 149 Å². The van der Waals surface area contributed by atoms with Crippen molar-refractivity contribution in [1.29, 1.82) is 0 Å². The second kappa shape index (κ2) is 7.01. The third-order valence-electron chi connectivity index (χ3n) is 3.24. The second-order valence-electron chi connectivity index (χ2n) is 4.87. The highest BCUT2D eigenvalue weighted by atomic mass is 35.5. The molecule has 0 saturated heterocycles. The summed E-state index contributed by atoms with van der Waals surface area (Å²) in [5.74, 6) is 0.964. The van der Waals surface area contributed by atoms with Gasteiger partial charge in [-0.1, -0.05) is 48.5 Å². The predicted molar refractivity (Wildman–Crippen MR) is 95.2 cm³/mol. The summed E-state index contributed by atoms with van der Waals surface area (Å²) in [6, 6.07) is 15.2. The smallest absolute Gasteiger partial charge is 0.228 e. The fraction of sp³-hybridized carbons (Fsp3) is 0.118. The molecule has 0 spiro atoms. The van der Waals surface area contributed by atoms with E-state index in [0.717, 1.165) is 5.56 Å². The van der Waals surface area contributed by atoms with Crippen molar-refractivity contribution in [3.8, 4) is 11.5 Å². The maximum absolute atomic E-state index is 12.9. The summed E-state index contributed by atoms with van der Waals surface area (Å²) in [7, 11) is -3.78. The Bertz CT molecular complexity index is 936. The van der Waals surface area contributed by atoms with Crippen molar-refractivity contribution in [1.82, 2.24) is 4.98 Å². The summed E-state index contributed by atoms with van der Waals surface area (Å²) in [6.07, 6.45) is 0. The predicted octanol–water partition coefficient (Wildman–Crippen LogP) is 4.94. The minimum absolute atomic E-state index is 0.0597. The summed E-state index contributed by atoms with van der Waals surface area (Å²) in [5, 5.41) is 0.712. The van der Waals surface area contributed by atoms with E-state index in [4.69, 9.17) is 16.0 Å². The molecule has 0 bridgehead atoms. The number of hydrogen-bond acceptors (Lipinski definition) is 5. The maximum Gasteiger partial charge on any atom is 0.228 e. The molecule has 1 heterocycles. The summed E-state index contributed by atoms with van der Waals surface area (Å²) in [4.78, 5) is 4.40. The number of hydrogen-bond donors (Lipinski definition) is 0. The van der Waals surface area contributed by atoms with E-state index in [1.54, 1.807) is 12.1 Å². The van der Waals surface area contributed by atoms with Crippen LogP contribution in [0.1, 0.15) is 6.92 Å². The summed E-state index contributed by atoms with van der Waals surface area (Å²) in [5.41, 5.74) is 0.730. The molecule has 3 aromatic rings. The first-order valence-electron chi connectivity index (χ1n) is 7.22. The molecule has 0 amide bonds. The van der Waals surface area contributed by atoms with Crippen molar-refractivity contribution in [2.45, 2.75) is 21.9 Å². The fourth-order valence-electron chi connectivity index (χ4n) is 2.11. The van der Waals surface area contributed by atoms with Crippen LogP contribution in [0.15, 0.2) is 74.0 Å². The molecule has 2 aromatic carbocycles. The van der Waals surface area contributed by atoms with Gasteiger partial charge in [-0.15, -0.1) is 0 Å². The highest BCUT2D eigenvalue weighted by Gasteiger charge is 2.28. The number of rotatable bonds is 5. The molecule has 0 aliphatic rings. The lowest BCUT2D eigenvalue weighted by Gasteiger charge is -2.02. The van der Waals surface area contributed by atoms with Crippen molar-refractivity contribution in [2.24, 2.45) is 0 Å². The van der Waals surface area contributed by atoms with Gasteiger partial charge in [-0.3, -0.25) is 0 Å². The molecule has 0 N–H and O–H groups in total. The number of halogens is 1. The Kier molecular flexibility index (Phi) is 4.99. The third kappa shape index (κ3) is 3.36. The Morgan fingerprint density at radius 2 is 1.75 bits per heavy atom. The summed E-state index contributed by atoms with van der Waals surface area (Å²) in [6.45, 7) is 1.92. The molecular weight excluding hydrogens is 366 g/mol. The van der Waals surface area contributed by atoms with Gasteiger partial charge in [-0.05, 0) is 42.2 Å². The lowest BCUT2D eigenvalue weighted by Crippen LogP contribution is -2.03. The molecule has 0 aliphatic carbocycles. The van der Waals surface area contributed by atoms with Gasteiger partial charge in [-0.2, -0.15) is 4.98 Å². The van der Waals surface area contributed by atoms with Crippen molar-refractivity contribution < 1.29 is 12.8 Å². The minimum Gasteiger partial charge on any atom is -0.428 e. The van der Waals surface area contributed by atoms with Crippen LogP contribution in [0, 0.1) is 0 Å². The van der Waals surface area contributed by atoms with Gasteiger partial charge < -0.3 is 4.42 Å². The zero-order valence-electron chi connectivity index (χ0n) is 12.8.